The molecule has 5 heteroatoms. The summed E-state index contributed by atoms with van der Waals surface area (Å²) in [6.07, 6.45) is 1.85. The third-order valence-electron chi connectivity index (χ3n) is 4.72. The molecule has 0 bridgehead atoms. The van der Waals surface area contributed by atoms with Crippen molar-refractivity contribution in [2.24, 2.45) is 0 Å². The maximum absolute atomic E-state index is 12.2. The molecule has 0 aromatic rings. The lowest BCUT2D eigenvalue weighted by Gasteiger charge is -2.44. The SMILES string of the molecule is CC1CC(O[Si](C)(C)C(C)(C)C)CCN1C(=O)OC(C)(C)C. The summed E-state index contributed by atoms with van der Waals surface area (Å²) in [6.45, 7) is 19.9. The van der Waals surface area contributed by atoms with Crippen LogP contribution in [-0.4, -0.2) is 43.6 Å². The van der Waals surface area contributed by atoms with Crippen molar-refractivity contribution in [2.75, 3.05) is 6.54 Å². The molecule has 4 nitrogen and oxygen atoms in total. The van der Waals surface area contributed by atoms with Gasteiger partial charge in [0.2, 0.25) is 0 Å². The van der Waals surface area contributed by atoms with E-state index in [1.54, 1.807) is 0 Å². The Hall–Kier alpha value is -0.553. The van der Waals surface area contributed by atoms with Crippen LogP contribution in [0.1, 0.15) is 61.3 Å². The molecular weight excluding hydrogens is 294 g/mol. The van der Waals surface area contributed by atoms with Crippen LogP contribution in [0, 0.1) is 0 Å². The van der Waals surface area contributed by atoms with Crippen molar-refractivity contribution in [3.63, 3.8) is 0 Å². The van der Waals surface area contributed by atoms with Gasteiger partial charge in [0.15, 0.2) is 8.32 Å². The van der Waals surface area contributed by atoms with Crippen molar-refractivity contribution in [1.29, 1.82) is 0 Å². The van der Waals surface area contributed by atoms with Crippen molar-refractivity contribution in [1.82, 2.24) is 4.90 Å². The largest absolute Gasteiger partial charge is 0.444 e. The van der Waals surface area contributed by atoms with Crippen molar-refractivity contribution in [3.05, 3.63) is 0 Å². The topological polar surface area (TPSA) is 38.8 Å². The first-order valence-corrected chi connectivity index (χ1v) is 11.3. The van der Waals surface area contributed by atoms with E-state index in [0.717, 1.165) is 19.4 Å². The number of amides is 1. The normalized spacial score (nSPS) is 24.3. The number of hydrogen-bond acceptors (Lipinski definition) is 3. The number of carbonyl (C=O) groups excluding carboxylic acids is 1. The second-order valence-corrected chi connectivity index (χ2v) is 13.8. The molecule has 0 saturated carbocycles. The van der Waals surface area contributed by atoms with Crippen LogP contribution < -0.4 is 0 Å². The molecule has 1 saturated heterocycles. The number of piperidine rings is 1. The lowest BCUT2D eigenvalue weighted by Crippen LogP contribution is -2.52. The van der Waals surface area contributed by atoms with Gasteiger partial charge >= 0.3 is 6.09 Å². The Kier molecular flexibility index (Phi) is 5.77. The van der Waals surface area contributed by atoms with Crippen LogP contribution in [0.4, 0.5) is 4.79 Å². The fraction of sp³-hybridized carbons (Fsp3) is 0.941. The molecule has 0 aliphatic carbocycles. The zero-order valence-electron chi connectivity index (χ0n) is 15.9. The van der Waals surface area contributed by atoms with E-state index in [1.165, 1.54) is 0 Å². The fourth-order valence-electron chi connectivity index (χ4n) is 2.42. The smallest absolute Gasteiger partial charge is 0.410 e. The maximum atomic E-state index is 12.2. The first kappa shape index (κ1) is 19.5. The van der Waals surface area contributed by atoms with E-state index in [9.17, 15) is 4.79 Å². The molecule has 0 radical (unpaired) electrons. The van der Waals surface area contributed by atoms with Gasteiger partial charge in [0.1, 0.15) is 5.60 Å². The second kappa shape index (κ2) is 6.52. The number of ether oxygens (including phenoxy) is 1. The average molecular weight is 330 g/mol. The summed E-state index contributed by atoms with van der Waals surface area (Å²) in [4.78, 5) is 14.1. The van der Waals surface area contributed by atoms with Crippen LogP contribution in [0.15, 0.2) is 0 Å². The van der Waals surface area contributed by atoms with Gasteiger partial charge in [-0.2, -0.15) is 0 Å². The highest BCUT2D eigenvalue weighted by Crippen LogP contribution is 2.38. The highest BCUT2D eigenvalue weighted by atomic mass is 28.4. The number of likely N-dealkylation sites (tertiary alicyclic amines) is 1. The van der Waals surface area contributed by atoms with E-state index in [-0.39, 0.29) is 23.3 Å². The van der Waals surface area contributed by atoms with Crippen molar-refractivity contribution < 1.29 is 14.0 Å². The van der Waals surface area contributed by atoms with Crippen molar-refractivity contribution >= 4 is 14.4 Å². The first-order valence-electron chi connectivity index (χ1n) is 8.40. The second-order valence-electron chi connectivity index (χ2n) is 9.05. The fourth-order valence-corrected chi connectivity index (χ4v) is 3.82. The Labute approximate surface area is 137 Å². The summed E-state index contributed by atoms with van der Waals surface area (Å²) in [5.41, 5.74) is -0.439. The van der Waals surface area contributed by atoms with Gasteiger partial charge in [-0.25, -0.2) is 4.79 Å². The Bertz CT molecular complexity index is 396. The van der Waals surface area contributed by atoms with Gasteiger partial charge in [-0.3, -0.25) is 0 Å². The van der Waals surface area contributed by atoms with E-state index in [0.29, 0.717) is 0 Å². The van der Waals surface area contributed by atoms with E-state index in [2.05, 4.69) is 40.8 Å². The van der Waals surface area contributed by atoms with Gasteiger partial charge in [-0.05, 0) is 58.7 Å². The Morgan fingerprint density at radius 2 is 1.68 bits per heavy atom. The maximum Gasteiger partial charge on any atom is 0.410 e. The molecule has 130 valence electrons. The summed E-state index contributed by atoms with van der Waals surface area (Å²) in [7, 11) is -1.74. The van der Waals surface area contributed by atoms with Crippen molar-refractivity contribution in [3.8, 4) is 0 Å². The monoisotopic (exact) mass is 329 g/mol. The van der Waals surface area contributed by atoms with Crippen LogP contribution in [0.3, 0.4) is 0 Å². The van der Waals surface area contributed by atoms with Gasteiger partial charge in [0.05, 0.1) is 0 Å². The Morgan fingerprint density at radius 1 is 1.14 bits per heavy atom. The molecule has 22 heavy (non-hydrogen) atoms. The zero-order chi connectivity index (χ0) is 17.3. The van der Waals surface area contributed by atoms with Gasteiger partial charge < -0.3 is 14.1 Å². The standard InChI is InChI=1S/C17H35NO3Si/c1-13-12-14(21-22(8,9)17(5,6)7)10-11-18(13)15(19)20-16(2,3)4/h13-14H,10-12H2,1-9H3. The van der Waals surface area contributed by atoms with E-state index in [1.807, 2.05) is 25.7 Å². The van der Waals surface area contributed by atoms with Crippen LogP contribution in [0.2, 0.25) is 18.1 Å². The van der Waals surface area contributed by atoms with E-state index < -0.39 is 13.9 Å². The number of rotatable bonds is 2. The highest BCUT2D eigenvalue weighted by Gasteiger charge is 2.41. The third-order valence-corrected chi connectivity index (χ3v) is 9.26. The van der Waals surface area contributed by atoms with Crippen LogP contribution >= 0.6 is 0 Å². The molecule has 0 aromatic heterocycles. The van der Waals surface area contributed by atoms with Gasteiger partial charge in [-0.1, -0.05) is 20.8 Å². The number of hydrogen-bond donors (Lipinski definition) is 0. The molecule has 1 amide bonds. The minimum Gasteiger partial charge on any atom is -0.444 e. The lowest BCUT2D eigenvalue weighted by molar-refractivity contribution is -0.00271. The quantitative estimate of drug-likeness (QED) is 0.683. The molecule has 0 N–H and O–H groups in total. The van der Waals surface area contributed by atoms with Crippen LogP contribution in [0.5, 0.6) is 0 Å². The predicted molar refractivity (Wildman–Crippen MR) is 93.7 cm³/mol. The predicted octanol–water partition coefficient (Wildman–Crippen LogP) is 4.80. The molecule has 1 rings (SSSR count). The highest BCUT2D eigenvalue weighted by molar-refractivity contribution is 6.74. The molecule has 2 atom stereocenters. The summed E-state index contributed by atoms with van der Waals surface area (Å²) in [5, 5.41) is 0.221. The van der Waals surface area contributed by atoms with Gasteiger partial charge in [0, 0.05) is 18.7 Å². The Balaban J connectivity index is 2.62. The van der Waals surface area contributed by atoms with Crippen molar-refractivity contribution in [2.45, 2.75) is 97.2 Å². The summed E-state index contributed by atoms with van der Waals surface area (Å²) < 4.78 is 12.0. The summed E-state index contributed by atoms with van der Waals surface area (Å²) >= 11 is 0. The zero-order valence-corrected chi connectivity index (χ0v) is 16.9. The third kappa shape index (κ3) is 5.27. The van der Waals surface area contributed by atoms with Crippen LogP contribution in [-0.2, 0) is 9.16 Å². The molecule has 1 heterocycles. The molecule has 1 aliphatic heterocycles. The minimum atomic E-state index is -1.74. The van der Waals surface area contributed by atoms with Crippen LogP contribution in [0.25, 0.3) is 0 Å². The minimum absolute atomic E-state index is 0.165. The molecular formula is C17H35NO3Si. The van der Waals surface area contributed by atoms with Gasteiger partial charge in [-0.15, -0.1) is 0 Å². The Morgan fingerprint density at radius 3 is 2.09 bits per heavy atom. The van der Waals surface area contributed by atoms with E-state index in [4.69, 9.17) is 9.16 Å². The summed E-state index contributed by atoms with van der Waals surface area (Å²) in [6, 6.07) is 0.165. The number of nitrogens with zero attached hydrogens (tertiary/aromatic N) is 1. The summed E-state index contributed by atoms with van der Waals surface area (Å²) in [5.74, 6) is 0. The van der Waals surface area contributed by atoms with E-state index >= 15 is 0 Å². The van der Waals surface area contributed by atoms with Gasteiger partial charge in [0.25, 0.3) is 0 Å². The molecule has 0 spiro atoms. The molecule has 2 unspecified atom stereocenters. The first-order chi connectivity index (χ1) is 9.73. The molecule has 1 aliphatic rings. The number of carbonyl (C=O) groups is 1. The molecule has 0 aromatic carbocycles. The molecule has 1 fully saturated rings. The lowest BCUT2D eigenvalue weighted by atomic mass is 10.0. The average Bonchev–Trinajstić information content (AvgIpc) is 2.23.